The third-order valence-electron chi connectivity index (χ3n) is 1.78. The molecule has 0 aromatic heterocycles. The van der Waals surface area contributed by atoms with Crippen LogP contribution < -0.4 is 5.32 Å². The zero-order valence-electron chi connectivity index (χ0n) is 5.36. The molecule has 0 radical (unpaired) electrons. The first-order chi connectivity index (χ1) is 4.27. The van der Waals surface area contributed by atoms with Crippen LogP contribution in [0.3, 0.4) is 0 Å². The van der Waals surface area contributed by atoms with E-state index >= 15 is 0 Å². The van der Waals surface area contributed by atoms with Crippen molar-refractivity contribution in [2.45, 2.75) is 18.4 Å². The summed E-state index contributed by atoms with van der Waals surface area (Å²) in [6.07, 6.45) is 1.09. The summed E-state index contributed by atoms with van der Waals surface area (Å²) in [7, 11) is 0. The smallest absolute Gasteiger partial charge is 0.118 e. The Balaban J connectivity index is 2.37. The molecule has 2 nitrogen and oxygen atoms in total. The van der Waals surface area contributed by atoms with Gasteiger partial charge in [0.15, 0.2) is 0 Å². The average Bonchev–Trinajstić information content (AvgIpc) is 1.90. The van der Waals surface area contributed by atoms with Gasteiger partial charge in [-0.25, -0.2) is 4.39 Å². The van der Waals surface area contributed by atoms with E-state index in [2.05, 4.69) is 5.32 Å². The fourth-order valence-corrected chi connectivity index (χ4v) is 1.03. The van der Waals surface area contributed by atoms with Crippen molar-refractivity contribution in [3.05, 3.63) is 0 Å². The Morgan fingerprint density at radius 2 is 2.00 bits per heavy atom. The molecule has 9 heavy (non-hydrogen) atoms. The number of aliphatic hydroxyl groups is 1. The molecule has 1 aliphatic rings. The number of alkyl halides is 1. The summed E-state index contributed by atoms with van der Waals surface area (Å²) < 4.78 is 12.0. The largest absolute Gasteiger partial charge is 0.387 e. The van der Waals surface area contributed by atoms with E-state index in [1.165, 1.54) is 0 Å². The maximum atomic E-state index is 12.0. The third-order valence-corrected chi connectivity index (χ3v) is 1.78. The van der Waals surface area contributed by atoms with Gasteiger partial charge < -0.3 is 10.4 Å². The molecule has 1 rings (SSSR count). The number of nitrogens with one attached hydrogen (secondary N) is 1. The van der Waals surface area contributed by atoms with Crippen LogP contribution in [0, 0.1) is 0 Å². The Bertz CT molecular complexity index is 91.1. The van der Waals surface area contributed by atoms with Gasteiger partial charge in [-0.2, -0.15) is 0 Å². The average molecular weight is 133 g/mol. The summed E-state index contributed by atoms with van der Waals surface area (Å²) in [4.78, 5) is 0. The van der Waals surface area contributed by atoms with Gasteiger partial charge in [-0.1, -0.05) is 0 Å². The molecule has 0 amide bonds. The van der Waals surface area contributed by atoms with Crippen LogP contribution in [0.5, 0.6) is 0 Å². The lowest BCUT2D eigenvalue weighted by Gasteiger charge is -2.29. The standard InChI is InChI=1S/C6H12FNO/c7-5-6(9)1-3-8-4-2-6/h8-9H,1-5H2. The number of piperidine rings is 1. The van der Waals surface area contributed by atoms with Crippen LogP contribution in [0.25, 0.3) is 0 Å². The van der Waals surface area contributed by atoms with Gasteiger partial charge in [0.1, 0.15) is 6.67 Å². The normalized spacial score (nSPS) is 26.0. The van der Waals surface area contributed by atoms with Crippen LogP contribution in [0.4, 0.5) is 4.39 Å². The quantitative estimate of drug-likeness (QED) is 0.530. The maximum absolute atomic E-state index is 12.0. The molecule has 1 heterocycles. The fraction of sp³-hybridized carbons (Fsp3) is 1.00. The van der Waals surface area contributed by atoms with Crippen molar-refractivity contribution in [2.24, 2.45) is 0 Å². The second-order valence-electron chi connectivity index (χ2n) is 2.61. The summed E-state index contributed by atoms with van der Waals surface area (Å²) in [5, 5.41) is 12.3. The minimum atomic E-state index is -1.01. The van der Waals surface area contributed by atoms with Crippen LogP contribution in [-0.4, -0.2) is 30.5 Å². The molecule has 0 atom stereocenters. The Hall–Kier alpha value is -0.150. The molecule has 0 spiro atoms. The zero-order valence-corrected chi connectivity index (χ0v) is 5.36. The lowest BCUT2D eigenvalue weighted by atomic mass is 9.94. The summed E-state index contributed by atoms with van der Waals surface area (Å²) in [5.74, 6) is 0. The summed E-state index contributed by atoms with van der Waals surface area (Å²) in [5.41, 5.74) is -1.01. The van der Waals surface area contributed by atoms with Crippen molar-refractivity contribution < 1.29 is 9.50 Å². The topological polar surface area (TPSA) is 32.3 Å². The van der Waals surface area contributed by atoms with Gasteiger partial charge in [-0.3, -0.25) is 0 Å². The van der Waals surface area contributed by atoms with Gasteiger partial charge in [-0.05, 0) is 25.9 Å². The van der Waals surface area contributed by atoms with Crippen molar-refractivity contribution in [3.8, 4) is 0 Å². The van der Waals surface area contributed by atoms with Gasteiger partial charge >= 0.3 is 0 Å². The van der Waals surface area contributed by atoms with Crippen molar-refractivity contribution in [3.63, 3.8) is 0 Å². The first-order valence-corrected chi connectivity index (χ1v) is 3.26. The van der Waals surface area contributed by atoms with Gasteiger partial charge in [0, 0.05) is 0 Å². The minimum absolute atomic E-state index is 0.545. The lowest BCUT2D eigenvalue weighted by Crippen LogP contribution is -2.43. The van der Waals surface area contributed by atoms with Gasteiger partial charge in [-0.15, -0.1) is 0 Å². The molecule has 3 heteroatoms. The summed E-state index contributed by atoms with van der Waals surface area (Å²) in [6.45, 7) is 0.871. The van der Waals surface area contributed by atoms with Crippen LogP contribution >= 0.6 is 0 Å². The summed E-state index contributed by atoms with van der Waals surface area (Å²) in [6, 6.07) is 0. The molecule has 1 fully saturated rings. The first kappa shape index (κ1) is 6.96. The Morgan fingerprint density at radius 1 is 1.44 bits per heavy atom. The van der Waals surface area contributed by atoms with Crippen molar-refractivity contribution in [2.75, 3.05) is 19.8 Å². The Morgan fingerprint density at radius 3 is 2.33 bits per heavy atom. The molecule has 0 bridgehead atoms. The van der Waals surface area contributed by atoms with Crippen LogP contribution in [0.1, 0.15) is 12.8 Å². The predicted molar refractivity (Wildman–Crippen MR) is 33.0 cm³/mol. The van der Waals surface area contributed by atoms with Gasteiger partial charge in [0.25, 0.3) is 0 Å². The van der Waals surface area contributed by atoms with E-state index in [1.807, 2.05) is 0 Å². The number of hydrogen-bond acceptors (Lipinski definition) is 2. The molecular weight excluding hydrogens is 121 g/mol. The highest BCUT2D eigenvalue weighted by molar-refractivity contribution is 4.83. The van der Waals surface area contributed by atoms with Crippen molar-refractivity contribution in [1.29, 1.82) is 0 Å². The number of rotatable bonds is 1. The number of hydrogen-bond donors (Lipinski definition) is 2. The molecule has 0 aliphatic carbocycles. The molecule has 0 aromatic carbocycles. The monoisotopic (exact) mass is 133 g/mol. The maximum Gasteiger partial charge on any atom is 0.118 e. The highest BCUT2D eigenvalue weighted by Gasteiger charge is 2.28. The highest BCUT2D eigenvalue weighted by atomic mass is 19.1. The molecule has 0 unspecified atom stereocenters. The molecule has 54 valence electrons. The minimum Gasteiger partial charge on any atom is -0.387 e. The van der Waals surface area contributed by atoms with Crippen molar-refractivity contribution in [1.82, 2.24) is 5.32 Å². The molecule has 2 N–H and O–H groups in total. The van der Waals surface area contributed by atoms with E-state index in [0.717, 1.165) is 13.1 Å². The molecule has 0 saturated carbocycles. The SMILES string of the molecule is OC1(CF)CCNCC1. The van der Waals surface area contributed by atoms with E-state index in [4.69, 9.17) is 0 Å². The van der Waals surface area contributed by atoms with Crippen LogP contribution in [-0.2, 0) is 0 Å². The van der Waals surface area contributed by atoms with E-state index < -0.39 is 12.3 Å². The first-order valence-electron chi connectivity index (χ1n) is 3.26. The van der Waals surface area contributed by atoms with E-state index in [0.29, 0.717) is 12.8 Å². The predicted octanol–water partition coefficient (Wildman–Crippen LogP) is 0.0704. The fourth-order valence-electron chi connectivity index (χ4n) is 1.03. The second kappa shape index (κ2) is 2.62. The van der Waals surface area contributed by atoms with E-state index in [1.54, 1.807) is 0 Å². The van der Waals surface area contributed by atoms with E-state index in [-0.39, 0.29) is 0 Å². The van der Waals surface area contributed by atoms with E-state index in [9.17, 15) is 9.50 Å². The third kappa shape index (κ3) is 1.63. The van der Waals surface area contributed by atoms with Crippen LogP contribution in [0.2, 0.25) is 0 Å². The van der Waals surface area contributed by atoms with Gasteiger partial charge in [0.05, 0.1) is 5.60 Å². The van der Waals surface area contributed by atoms with Crippen LogP contribution in [0.15, 0.2) is 0 Å². The number of halogens is 1. The van der Waals surface area contributed by atoms with Crippen molar-refractivity contribution >= 4 is 0 Å². The highest BCUT2D eigenvalue weighted by Crippen LogP contribution is 2.17. The zero-order chi connectivity index (χ0) is 6.74. The molecule has 1 saturated heterocycles. The lowest BCUT2D eigenvalue weighted by molar-refractivity contribution is -0.0110. The molecular formula is C6H12FNO. The molecule has 1 aliphatic heterocycles. The Labute approximate surface area is 54.1 Å². The molecule has 0 aromatic rings. The second-order valence-corrected chi connectivity index (χ2v) is 2.61. The Kier molecular flexibility index (Phi) is 2.03. The van der Waals surface area contributed by atoms with Gasteiger partial charge in [0.2, 0.25) is 0 Å². The summed E-state index contributed by atoms with van der Waals surface area (Å²) >= 11 is 0.